The molecule has 9 nitrogen and oxygen atoms in total. The number of nitrogens with one attached hydrogen (secondary N) is 2. The first kappa shape index (κ1) is 27.3. The molecule has 0 amide bonds. The van der Waals surface area contributed by atoms with Gasteiger partial charge in [-0.3, -0.25) is 4.79 Å². The fourth-order valence-electron chi connectivity index (χ4n) is 4.28. The summed E-state index contributed by atoms with van der Waals surface area (Å²) >= 11 is 1.18. The second kappa shape index (κ2) is 12.2. The van der Waals surface area contributed by atoms with E-state index in [-0.39, 0.29) is 16.9 Å². The topological polar surface area (TPSA) is 152 Å². The van der Waals surface area contributed by atoms with Crippen molar-refractivity contribution >= 4 is 28.2 Å². The molecular formula is C28H30N2O7S. The van der Waals surface area contributed by atoms with Crippen molar-refractivity contribution in [3.8, 4) is 11.5 Å². The third kappa shape index (κ3) is 6.05. The summed E-state index contributed by atoms with van der Waals surface area (Å²) in [5.41, 5.74) is -1.30. The molecular weight excluding hydrogens is 508 g/mol. The van der Waals surface area contributed by atoms with Crippen molar-refractivity contribution < 1.29 is 30.0 Å². The van der Waals surface area contributed by atoms with Gasteiger partial charge in [0.25, 0.3) is 0 Å². The van der Waals surface area contributed by atoms with E-state index in [9.17, 15) is 30.0 Å². The van der Waals surface area contributed by atoms with Gasteiger partial charge >= 0.3 is 5.97 Å². The van der Waals surface area contributed by atoms with E-state index in [1.54, 1.807) is 53.9 Å². The van der Waals surface area contributed by atoms with Gasteiger partial charge in [-0.05, 0) is 67.1 Å². The number of rotatable bonds is 13. The van der Waals surface area contributed by atoms with E-state index < -0.39 is 17.7 Å². The highest BCUT2D eigenvalue weighted by Crippen LogP contribution is 2.35. The molecule has 10 heteroatoms. The van der Waals surface area contributed by atoms with Crippen LogP contribution in [0.1, 0.15) is 41.4 Å². The number of benzene rings is 2. The van der Waals surface area contributed by atoms with E-state index in [1.165, 1.54) is 23.5 Å². The molecule has 4 aromatic rings. The highest BCUT2D eigenvalue weighted by atomic mass is 32.1. The average Bonchev–Trinajstić information content (AvgIpc) is 3.46. The zero-order valence-corrected chi connectivity index (χ0v) is 21.4. The number of thiophene rings is 1. The summed E-state index contributed by atoms with van der Waals surface area (Å²) in [5, 5.41) is 46.8. The second-order valence-corrected chi connectivity index (χ2v) is 9.88. The summed E-state index contributed by atoms with van der Waals surface area (Å²) in [6.45, 7) is 1.44. The molecule has 2 aromatic carbocycles. The third-order valence-corrected chi connectivity index (χ3v) is 7.29. The Balaban J connectivity index is 1.21. The Bertz CT molecular complexity index is 1440. The van der Waals surface area contributed by atoms with E-state index in [0.29, 0.717) is 46.8 Å². The van der Waals surface area contributed by atoms with Gasteiger partial charge in [0.2, 0.25) is 11.2 Å². The van der Waals surface area contributed by atoms with Gasteiger partial charge in [-0.25, -0.2) is 4.79 Å². The van der Waals surface area contributed by atoms with Crippen LogP contribution >= 0.6 is 11.3 Å². The molecule has 2 atom stereocenters. The smallest absolute Gasteiger partial charge is 0.346 e. The maximum Gasteiger partial charge on any atom is 0.346 e. The quantitative estimate of drug-likeness (QED) is 0.142. The third-order valence-electron chi connectivity index (χ3n) is 6.31. The van der Waals surface area contributed by atoms with Crippen LogP contribution in [0.15, 0.2) is 70.8 Å². The van der Waals surface area contributed by atoms with Crippen molar-refractivity contribution in [1.29, 1.82) is 0 Å². The van der Waals surface area contributed by atoms with Crippen molar-refractivity contribution in [1.82, 2.24) is 10.3 Å². The summed E-state index contributed by atoms with van der Waals surface area (Å²) in [4.78, 5) is 26.4. The number of unbranched alkanes of at least 4 members (excludes halogenated alkanes) is 2. The number of aliphatic hydroxyl groups is 2. The Morgan fingerprint density at radius 3 is 2.68 bits per heavy atom. The van der Waals surface area contributed by atoms with E-state index in [1.807, 2.05) is 0 Å². The van der Waals surface area contributed by atoms with Crippen LogP contribution in [-0.4, -0.2) is 51.1 Å². The molecule has 38 heavy (non-hydrogen) atoms. The number of aromatic amines is 1. The van der Waals surface area contributed by atoms with Gasteiger partial charge in [-0.2, -0.15) is 0 Å². The van der Waals surface area contributed by atoms with Crippen LogP contribution in [0.4, 0.5) is 0 Å². The molecule has 4 rings (SSSR count). The Hall–Kier alpha value is -3.70. The number of phenols is 1. The lowest BCUT2D eigenvalue weighted by atomic mass is 9.92. The lowest BCUT2D eigenvalue weighted by Gasteiger charge is -2.23. The SMILES string of the molecule is O=C(O)C(O)(c1cccc(OCCCCCNC[C@H](O)c2ccc(O)c3[nH]c(=O)ccc23)c1)c1cccs1. The minimum atomic E-state index is -2.13. The largest absolute Gasteiger partial charge is 0.506 e. The number of aromatic nitrogens is 1. The molecule has 0 saturated carbocycles. The van der Waals surface area contributed by atoms with Gasteiger partial charge in [-0.15, -0.1) is 11.3 Å². The molecule has 200 valence electrons. The van der Waals surface area contributed by atoms with Crippen LogP contribution in [0.25, 0.3) is 10.9 Å². The first-order chi connectivity index (χ1) is 18.3. The van der Waals surface area contributed by atoms with E-state index >= 15 is 0 Å². The molecule has 0 aliphatic carbocycles. The molecule has 0 radical (unpaired) electrons. The number of ether oxygens (including phenoxy) is 1. The number of carboxylic acid groups (broad SMARTS) is 1. The monoisotopic (exact) mass is 538 g/mol. The molecule has 2 heterocycles. The second-order valence-electron chi connectivity index (χ2n) is 8.93. The van der Waals surface area contributed by atoms with Crippen molar-refractivity contribution in [2.24, 2.45) is 0 Å². The molecule has 6 N–H and O–H groups in total. The first-order valence-electron chi connectivity index (χ1n) is 12.3. The summed E-state index contributed by atoms with van der Waals surface area (Å²) < 4.78 is 5.79. The molecule has 0 aliphatic rings. The Morgan fingerprint density at radius 1 is 1.08 bits per heavy atom. The minimum Gasteiger partial charge on any atom is -0.506 e. The number of aliphatic hydroxyl groups excluding tert-OH is 1. The number of hydrogen-bond acceptors (Lipinski definition) is 8. The van der Waals surface area contributed by atoms with Crippen LogP contribution in [0.3, 0.4) is 0 Å². The van der Waals surface area contributed by atoms with Crippen LogP contribution in [0.5, 0.6) is 11.5 Å². The zero-order chi connectivity index (χ0) is 27.1. The van der Waals surface area contributed by atoms with E-state index in [0.717, 1.165) is 19.3 Å². The lowest BCUT2D eigenvalue weighted by molar-refractivity contribution is -0.154. The molecule has 2 aromatic heterocycles. The van der Waals surface area contributed by atoms with Gasteiger partial charge in [0.05, 0.1) is 23.1 Å². The predicted octanol–water partition coefficient (Wildman–Crippen LogP) is 3.49. The standard InChI is InChI=1S/C28H30N2O7S/c31-22-11-9-20(21-10-12-25(33)30-26(21)22)23(32)17-29-13-2-1-3-14-37-19-7-4-6-18(16-19)28(36,27(34)35)24-8-5-15-38-24/h4-12,15-16,23,29,31-32,36H,1-3,13-14,17H2,(H,30,33)(H,34,35)/t23-,28?/m0/s1. The van der Waals surface area contributed by atoms with E-state index in [2.05, 4.69) is 10.3 Å². The summed E-state index contributed by atoms with van der Waals surface area (Å²) in [6.07, 6.45) is 1.70. The minimum absolute atomic E-state index is 0.0457. The molecule has 0 saturated heterocycles. The van der Waals surface area contributed by atoms with Crippen molar-refractivity contribution in [2.75, 3.05) is 19.7 Å². The Labute approximate surface area is 223 Å². The highest BCUT2D eigenvalue weighted by Gasteiger charge is 2.41. The van der Waals surface area contributed by atoms with Gasteiger partial charge in [0, 0.05) is 23.6 Å². The summed E-state index contributed by atoms with van der Waals surface area (Å²) in [6, 6.07) is 15.9. The number of fused-ring (bicyclic) bond motifs is 1. The van der Waals surface area contributed by atoms with E-state index in [4.69, 9.17) is 4.74 Å². The molecule has 0 aliphatic heterocycles. The van der Waals surface area contributed by atoms with Gasteiger partial charge < -0.3 is 35.5 Å². The predicted molar refractivity (Wildman–Crippen MR) is 145 cm³/mol. The van der Waals surface area contributed by atoms with Crippen LogP contribution in [0.2, 0.25) is 0 Å². The fourth-order valence-corrected chi connectivity index (χ4v) is 5.12. The Kier molecular flexibility index (Phi) is 8.80. The number of hydrogen-bond donors (Lipinski definition) is 6. The maximum atomic E-state index is 11.9. The van der Waals surface area contributed by atoms with Crippen LogP contribution < -0.4 is 15.6 Å². The zero-order valence-electron chi connectivity index (χ0n) is 20.6. The number of carboxylic acids is 1. The summed E-state index contributed by atoms with van der Waals surface area (Å²) in [5.74, 6) is -0.902. The number of H-pyrrole nitrogens is 1. The van der Waals surface area contributed by atoms with Crippen molar-refractivity contribution in [3.05, 3.63) is 92.4 Å². The number of pyridine rings is 1. The van der Waals surface area contributed by atoms with Gasteiger partial charge in [-0.1, -0.05) is 24.3 Å². The maximum absolute atomic E-state index is 11.9. The average molecular weight is 539 g/mol. The first-order valence-corrected chi connectivity index (χ1v) is 13.2. The van der Waals surface area contributed by atoms with Crippen molar-refractivity contribution in [2.45, 2.75) is 31.0 Å². The number of phenolic OH excluding ortho intramolecular Hbond substituents is 1. The molecule has 0 fully saturated rings. The highest BCUT2D eigenvalue weighted by molar-refractivity contribution is 7.10. The van der Waals surface area contributed by atoms with Crippen molar-refractivity contribution in [3.63, 3.8) is 0 Å². The molecule has 0 bridgehead atoms. The Morgan fingerprint density at radius 2 is 1.92 bits per heavy atom. The number of aromatic hydroxyl groups is 1. The lowest BCUT2D eigenvalue weighted by Crippen LogP contribution is -2.35. The number of carbonyl (C=O) groups is 1. The van der Waals surface area contributed by atoms with Crippen LogP contribution in [0, 0.1) is 0 Å². The van der Waals surface area contributed by atoms with Gasteiger partial charge in [0.15, 0.2) is 0 Å². The normalized spacial score (nSPS) is 13.7. The molecule has 0 spiro atoms. The number of aliphatic carboxylic acids is 1. The molecule has 1 unspecified atom stereocenters. The van der Waals surface area contributed by atoms with Gasteiger partial charge in [0.1, 0.15) is 11.5 Å². The fraction of sp³-hybridized carbons (Fsp3) is 0.286. The van der Waals surface area contributed by atoms with Crippen LogP contribution in [-0.2, 0) is 10.4 Å². The summed E-state index contributed by atoms with van der Waals surface area (Å²) in [7, 11) is 0.